The first-order chi connectivity index (χ1) is 9.65. The highest BCUT2D eigenvalue weighted by molar-refractivity contribution is 9.10. The monoisotopic (exact) mass is 375 g/mol. The number of rotatable bonds is 7. The average molecular weight is 376 g/mol. The van der Waals surface area contributed by atoms with E-state index in [1.54, 1.807) is 20.8 Å². The fraction of sp³-hybridized carbons (Fsp3) is 0.625. The molecule has 0 aliphatic carbocycles. The number of hydrogen-bond donors (Lipinski definition) is 1. The molecule has 21 heavy (non-hydrogen) atoms. The van der Waals surface area contributed by atoms with Crippen LogP contribution in [0.3, 0.4) is 0 Å². The second-order valence-electron chi connectivity index (χ2n) is 6.47. The number of sulfone groups is 1. The minimum atomic E-state index is -3.05. The molecule has 0 aliphatic heterocycles. The van der Waals surface area contributed by atoms with Crippen molar-refractivity contribution < 1.29 is 8.42 Å². The fourth-order valence-electron chi connectivity index (χ4n) is 2.15. The second-order valence-corrected chi connectivity index (χ2v) is 10.3. The summed E-state index contributed by atoms with van der Waals surface area (Å²) in [4.78, 5) is 0. The van der Waals surface area contributed by atoms with Gasteiger partial charge >= 0.3 is 0 Å². The van der Waals surface area contributed by atoms with Crippen LogP contribution in [0.5, 0.6) is 0 Å². The van der Waals surface area contributed by atoms with Crippen LogP contribution in [0, 0.1) is 5.92 Å². The quantitative estimate of drug-likeness (QED) is 0.793. The molecule has 1 unspecified atom stereocenters. The van der Waals surface area contributed by atoms with E-state index in [2.05, 4.69) is 33.4 Å². The first-order valence-electron chi connectivity index (χ1n) is 7.27. The second kappa shape index (κ2) is 7.75. The van der Waals surface area contributed by atoms with Crippen molar-refractivity contribution in [2.24, 2.45) is 5.92 Å². The van der Waals surface area contributed by atoms with Crippen LogP contribution < -0.4 is 5.32 Å². The molecule has 0 heterocycles. The molecule has 1 aromatic rings. The van der Waals surface area contributed by atoms with Gasteiger partial charge in [-0.25, -0.2) is 8.42 Å². The summed E-state index contributed by atoms with van der Waals surface area (Å²) in [5.74, 6) is 0.577. The van der Waals surface area contributed by atoms with Crippen LogP contribution in [0.15, 0.2) is 28.7 Å². The summed E-state index contributed by atoms with van der Waals surface area (Å²) in [6.07, 6.45) is 1.59. The summed E-state index contributed by atoms with van der Waals surface area (Å²) < 4.78 is 24.9. The Morgan fingerprint density at radius 1 is 1.19 bits per heavy atom. The van der Waals surface area contributed by atoms with Crippen molar-refractivity contribution in [2.75, 3.05) is 19.3 Å². The highest BCUT2D eigenvalue weighted by Gasteiger charge is 2.29. The van der Waals surface area contributed by atoms with E-state index in [-0.39, 0.29) is 5.75 Å². The maximum Gasteiger partial charge on any atom is 0.155 e. The Kier molecular flexibility index (Phi) is 6.88. The van der Waals surface area contributed by atoms with E-state index in [1.165, 1.54) is 5.56 Å². The van der Waals surface area contributed by atoms with Gasteiger partial charge in [-0.2, -0.15) is 0 Å². The van der Waals surface area contributed by atoms with Gasteiger partial charge in [-0.15, -0.1) is 0 Å². The Morgan fingerprint density at radius 3 is 2.24 bits per heavy atom. The molecule has 0 radical (unpaired) electrons. The van der Waals surface area contributed by atoms with Gasteiger partial charge in [0.2, 0.25) is 0 Å². The molecule has 0 saturated carbocycles. The summed E-state index contributed by atoms with van der Waals surface area (Å²) in [6, 6.07) is 8.23. The lowest BCUT2D eigenvalue weighted by Crippen LogP contribution is -2.32. The van der Waals surface area contributed by atoms with Crippen LogP contribution in [0.4, 0.5) is 0 Å². The third kappa shape index (κ3) is 6.09. The predicted octanol–water partition coefficient (Wildman–Crippen LogP) is 3.43. The first kappa shape index (κ1) is 18.7. The molecule has 1 atom stereocenters. The maximum absolute atomic E-state index is 12.2. The van der Waals surface area contributed by atoms with Crippen molar-refractivity contribution >= 4 is 25.8 Å². The van der Waals surface area contributed by atoms with E-state index < -0.39 is 14.6 Å². The third-order valence-electron chi connectivity index (χ3n) is 3.66. The van der Waals surface area contributed by atoms with Crippen LogP contribution in [-0.4, -0.2) is 32.5 Å². The SMILES string of the molecule is CNCC(CCS(=O)(=O)C(C)(C)C)Cc1ccc(Br)cc1. The summed E-state index contributed by atoms with van der Waals surface area (Å²) in [7, 11) is -1.14. The van der Waals surface area contributed by atoms with E-state index in [0.29, 0.717) is 12.3 Å². The van der Waals surface area contributed by atoms with E-state index in [9.17, 15) is 8.42 Å². The Balaban J connectivity index is 2.68. The van der Waals surface area contributed by atoms with Crippen LogP contribution in [0.2, 0.25) is 0 Å². The zero-order chi connectivity index (χ0) is 16.1. The molecule has 120 valence electrons. The van der Waals surface area contributed by atoms with Gasteiger partial charge in [-0.1, -0.05) is 28.1 Å². The third-order valence-corrected chi connectivity index (χ3v) is 6.83. The minimum Gasteiger partial charge on any atom is -0.319 e. The smallest absolute Gasteiger partial charge is 0.155 e. The van der Waals surface area contributed by atoms with Crippen molar-refractivity contribution in [3.8, 4) is 0 Å². The highest BCUT2D eigenvalue weighted by Crippen LogP contribution is 2.21. The molecule has 0 fully saturated rings. The van der Waals surface area contributed by atoms with E-state index >= 15 is 0 Å². The lowest BCUT2D eigenvalue weighted by atomic mass is 9.97. The summed E-state index contributed by atoms with van der Waals surface area (Å²) >= 11 is 3.43. The molecule has 1 N–H and O–H groups in total. The number of halogens is 1. The molecular weight excluding hydrogens is 350 g/mol. The zero-order valence-electron chi connectivity index (χ0n) is 13.3. The van der Waals surface area contributed by atoms with Gasteiger partial charge in [-0.3, -0.25) is 0 Å². The van der Waals surface area contributed by atoms with Crippen molar-refractivity contribution in [1.82, 2.24) is 5.32 Å². The Morgan fingerprint density at radius 2 is 1.76 bits per heavy atom. The predicted molar refractivity (Wildman–Crippen MR) is 93.4 cm³/mol. The molecule has 0 amide bonds. The van der Waals surface area contributed by atoms with E-state index in [0.717, 1.165) is 17.4 Å². The van der Waals surface area contributed by atoms with Crippen LogP contribution in [0.1, 0.15) is 32.8 Å². The molecule has 0 saturated heterocycles. The summed E-state index contributed by atoms with van der Waals surface area (Å²) in [5.41, 5.74) is 1.24. The molecular formula is C16H26BrNO2S. The maximum atomic E-state index is 12.2. The minimum absolute atomic E-state index is 0.249. The Labute approximate surface area is 137 Å². The average Bonchev–Trinajstić information content (AvgIpc) is 2.37. The van der Waals surface area contributed by atoms with Crippen LogP contribution >= 0.6 is 15.9 Å². The van der Waals surface area contributed by atoms with Gasteiger partial charge in [0.15, 0.2) is 9.84 Å². The van der Waals surface area contributed by atoms with Gasteiger partial charge in [0.1, 0.15) is 0 Å². The number of nitrogens with one attached hydrogen (secondary N) is 1. The summed E-state index contributed by atoms with van der Waals surface area (Å²) in [6.45, 7) is 6.13. The normalized spacial score (nSPS) is 14.1. The van der Waals surface area contributed by atoms with Gasteiger partial charge in [0.25, 0.3) is 0 Å². The van der Waals surface area contributed by atoms with Crippen LogP contribution in [0.25, 0.3) is 0 Å². The largest absolute Gasteiger partial charge is 0.319 e. The highest BCUT2D eigenvalue weighted by atomic mass is 79.9. The van der Waals surface area contributed by atoms with Gasteiger partial charge in [0, 0.05) is 4.47 Å². The number of benzene rings is 1. The lowest BCUT2D eigenvalue weighted by Gasteiger charge is -2.22. The lowest BCUT2D eigenvalue weighted by molar-refractivity contribution is 0.473. The zero-order valence-corrected chi connectivity index (χ0v) is 15.7. The molecule has 0 aliphatic rings. The summed E-state index contributed by atoms with van der Waals surface area (Å²) in [5, 5.41) is 3.17. The van der Waals surface area contributed by atoms with E-state index in [4.69, 9.17) is 0 Å². The molecule has 0 bridgehead atoms. The van der Waals surface area contributed by atoms with Gasteiger partial charge < -0.3 is 5.32 Å². The molecule has 0 spiro atoms. The van der Waals surface area contributed by atoms with Crippen LogP contribution in [-0.2, 0) is 16.3 Å². The Hall–Kier alpha value is -0.390. The standard InChI is InChI=1S/C16H26BrNO2S/c1-16(2,3)21(19,20)10-9-14(12-18-4)11-13-5-7-15(17)8-6-13/h5-8,14,18H,9-12H2,1-4H3. The first-order valence-corrected chi connectivity index (χ1v) is 9.71. The molecule has 0 aromatic heterocycles. The number of hydrogen-bond acceptors (Lipinski definition) is 3. The van der Waals surface area contributed by atoms with Gasteiger partial charge in [0.05, 0.1) is 10.5 Å². The van der Waals surface area contributed by atoms with Crippen molar-refractivity contribution in [3.63, 3.8) is 0 Å². The Bertz CT molecular complexity index is 532. The molecule has 5 heteroatoms. The topological polar surface area (TPSA) is 46.2 Å². The van der Waals surface area contributed by atoms with E-state index in [1.807, 2.05) is 19.2 Å². The molecule has 3 nitrogen and oxygen atoms in total. The van der Waals surface area contributed by atoms with Gasteiger partial charge in [-0.05, 0) is 70.8 Å². The molecule has 1 aromatic carbocycles. The van der Waals surface area contributed by atoms with Crippen molar-refractivity contribution in [1.29, 1.82) is 0 Å². The van der Waals surface area contributed by atoms with Crippen molar-refractivity contribution in [3.05, 3.63) is 34.3 Å². The molecule has 1 rings (SSSR count). The van der Waals surface area contributed by atoms with Crippen molar-refractivity contribution in [2.45, 2.75) is 38.4 Å². The fourth-order valence-corrected chi connectivity index (χ4v) is 3.67.